The average Bonchev–Trinajstić information content (AvgIpc) is 2.65. The molecule has 6 nitrogen and oxygen atoms in total. The summed E-state index contributed by atoms with van der Waals surface area (Å²) in [6.07, 6.45) is 1.75. The van der Waals surface area contributed by atoms with E-state index in [0.29, 0.717) is 5.71 Å². The van der Waals surface area contributed by atoms with Crippen LogP contribution < -0.4 is 0 Å². The number of fused-ring (bicyclic) bond motifs is 1. The molecule has 2 aliphatic rings. The summed E-state index contributed by atoms with van der Waals surface area (Å²) in [5, 5.41) is 9.82. The van der Waals surface area contributed by atoms with E-state index < -0.39 is 12.6 Å². The smallest absolute Gasteiger partial charge is 0.329 e. The van der Waals surface area contributed by atoms with Gasteiger partial charge in [-0.1, -0.05) is 0 Å². The standard InChI is InChI=1S/C9H8N2O4S/c12-7(13)4-15-3-6-10-5-1-2-16-8(5)9(14)11-6/h1-2,8H,3-4H2,(H,12,13). The minimum absolute atomic E-state index is 0.0627. The van der Waals surface area contributed by atoms with Crippen LogP contribution in [0.2, 0.25) is 0 Å². The van der Waals surface area contributed by atoms with Gasteiger partial charge in [0.15, 0.2) is 5.84 Å². The van der Waals surface area contributed by atoms with Gasteiger partial charge in [0.1, 0.15) is 18.5 Å². The molecule has 7 heteroatoms. The van der Waals surface area contributed by atoms with Crippen LogP contribution in [0.1, 0.15) is 0 Å². The Labute approximate surface area is 95.1 Å². The second-order valence-electron chi connectivity index (χ2n) is 3.11. The molecular formula is C9H8N2O4S. The van der Waals surface area contributed by atoms with Crippen LogP contribution in [0.25, 0.3) is 0 Å². The van der Waals surface area contributed by atoms with Crippen LogP contribution in [0.15, 0.2) is 21.5 Å². The molecule has 0 aliphatic carbocycles. The third-order valence-electron chi connectivity index (χ3n) is 1.90. The third kappa shape index (κ3) is 2.37. The van der Waals surface area contributed by atoms with Crippen molar-refractivity contribution in [2.75, 3.05) is 13.2 Å². The van der Waals surface area contributed by atoms with Gasteiger partial charge < -0.3 is 9.84 Å². The number of thioether (sulfide) groups is 1. The minimum Gasteiger partial charge on any atom is -0.480 e. The Morgan fingerprint density at radius 2 is 2.38 bits per heavy atom. The summed E-state index contributed by atoms with van der Waals surface area (Å²) in [7, 11) is 0. The molecule has 2 rings (SSSR count). The molecule has 1 unspecified atom stereocenters. The van der Waals surface area contributed by atoms with Gasteiger partial charge >= 0.3 is 5.97 Å². The molecule has 1 amide bonds. The van der Waals surface area contributed by atoms with Crippen LogP contribution in [0.5, 0.6) is 0 Å². The highest BCUT2D eigenvalue weighted by atomic mass is 32.2. The fraction of sp³-hybridized carbons (Fsp3) is 0.333. The van der Waals surface area contributed by atoms with Gasteiger partial charge in [-0.3, -0.25) is 4.79 Å². The molecule has 0 spiro atoms. The van der Waals surface area contributed by atoms with Crippen LogP contribution >= 0.6 is 11.8 Å². The molecule has 16 heavy (non-hydrogen) atoms. The van der Waals surface area contributed by atoms with Crippen LogP contribution in [-0.4, -0.2) is 47.0 Å². The quantitative estimate of drug-likeness (QED) is 0.752. The van der Waals surface area contributed by atoms with Gasteiger partial charge in [0, 0.05) is 0 Å². The van der Waals surface area contributed by atoms with Gasteiger partial charge in [0.05, 0.1) is 5.71 Å². The van der Waals surface area contributed by atoms with Crippen LogP contribution in [0, 0.1) is 0 Å². The number of carbonyl (C=O) groups excluding carboxylic acids is 1. The van der Waals surface area contributed by atoms with E-state index >= 15 is 0 Å². The maximum absolute atomic E-state index is 11.5. The van der Waals surface area contributed by atoms with Crippen molar-refractivity contribution in [3.05, 3.63) is 11.5 Å². The Hall–Kier alpha value is -1.47. The maximum atomic E-state index is 11.5. The van der Waals surface area contributed by atoms with Crippen molar-refractivity contribution >= 4 is 35.2 Å². The summed E-state index contributed by atoms with van der Waals surface area (Å²) in [6.45, 7) is -0.487. The highest BCUT2D eigenvalue weighted by Gasteiger charge is 2.30. The first kappa shape index (κ1) is 11.0. The molecule has 84 valence electrons. The molecule has 0 saturated carbocycles. The average molecular weight is 240 g/mol. The van der Waals surface area contributed by atoms with Crippen LogP contribution in [-0.2, 0) is 14.3 Å². The Balaban J connectivity index is 1.98. The summed E-state index contributed by atoms with van der Waals surface area (Å²) in [5.41, 5.74) is 0.652. The topological polar surface area (TPSA) is 88.3 Å². The molecule has 1 atom stereocenters. The number of nitrogens with zero attached hydrogens (tertiary/aromatic N) is 2. The van der Waals surface area contributed by atoms with Crippen molar-refractivity contribution in [3.8, 4) is 0 Å². The van der Waals surface area contributed by atoms with Gasteiger partial charge in [-0.15, -0.1) is 11.8 Å². The van der Waals surface area contributed by atoms with Gasteiger partial charge in [0.2, 0.25) is 0 Å². The molecule has 2 heterocycles. The van der Waals surface area contributed by atoms with E-state index in [1.807, 2.05) is 0 Å². The lowest BCUT2D eigenvalue weighted by atomic mass is 10.2. The zero-order valence-corrected chi connectivity index (χ0v) is 8.94. The van der Waals surface area contributed by atoms with Gasteiger partial charge in [-0.25, -0.2) is 9.79 Å². The lowest BCUT2D eigenvalue weighted by Crippen LogP contribution is -2.29. The zero-order valence-electron chi connectivity index (χ0n) is 8.12. The molecule has 0 saturated heterocycles. The van der Waals surface area contributed by atoms with Crippen LogP contribution in [0.4, 0.5) is 0 Å². The molecule has 0 radical (unpaired) electrons. The number of aliphatic carboxylic acids is 1. The van der Waals surface area contributed by atoms with E-state index in [4.69, 9.17) is 9.84 Å². The SMILES string of the molecule is O=C(O)COCC1=NC(=O)C2SC=CC2=N1. The number of carbonyl (C=O) groups is 2. The molecule has 0 aromatic rings. The first-order chi connectivity index (χ1) is 7.66. The largest absolute Gasteiger partial charge is 0.480 e. The molecule has 0 fully saturated rings. The summed E-state index contributed by atoms with van der Waals surface area (Å²) >= 11 is 1.36. The molecule has 0 aromatic carbocycles. The Morgan fingerprint density at radius 1 is 1.56 bits per heavy atom. The molecular weight excluding hydrogens is 232 g/mol. The fourth-order valence-electron chi connectivity index (χ4n) is 1.28. The highest BCUT2D eigenvalue weighted by Crippen LogP contribution is 2.25. The summed E-state index contributed by atoms with van der Waals surface area (Å²) < 4.78 is 4.81. The van der Waals surface area contributed by atoms with Crippen molar-refractivity contribution in [2.45, 2.75) is 5.25 Å². The van der Waals surface area contributed by atoms with E-state index in [2.05, 4.69) is 9.98 Å². The number of aliphatic imine (C=N–C) groups is 2. The second-order valence-corrected chi connectivity index (χ2v) is 4.12. The first-order valence-corrected chi connectivity index (χ1v) is 5.42. The second kappa shape index (κ2) is 4.58. The Kier molecular flexibility index (Phi) is 3.16. The zero-order chi connectivity index (χ0) is 11.5. The number of hydrogen-bond donors (Lipinski definition) is 1. The van der Waals surface area contributed by atoms with E-state index in [-0.39, 0.29) is 23.6 Å². The first-order valence-electron chi connectivity index (χ1n) is 4.48. The molecule has 0 aromatic heterocycles. The molecule has 0 bridgehead atoms. The number of amides is 1. The number of carboxylic acid groups (broad SMARTS) is 1. The Morgan fingerprint density at radius 3 is 3.12 bits per heavy atom. The van der Waals surface area contributed by atoms with E-state index in [9.17, 15) is 9.59 Å². The van der Waals surface area contributed by atoms with Gasteiger partial charge in [-0.05, 0) is 11.5 Å². The van der Waals surface area contributed by atoms with E-state index in [0.717, 1.165) is 0 Å². The predicted octanol–water partition coefficient (Wildman–Crippen LogP) is 0.0964. The summed E-state index contributed by atoms with van der Waals surface area (Å²) in [6, 6.07) is 0. The highest BCUT2D eigenvalue weighted by molar-refractivity contribution is 8.04. The number of rotatable bonds is 4. The number of amidine groups is 1. The minimum atomic E-state index is -1.07. The lowest BCUT2D eigenvalue weighted by Gasteiger charge is -2.12. The normalized spacial score (nSPS) is 22.8. The number of ether oxygens (including phenoxy) is 1. The fourth-order valence-corrected chi connectivity index (χ4v) is 2.09. The van der Waals surface area contributed by atoms with Crippen molar-refractivity contribution < 1.29 is 19.4 Å². The third-order valence-corrected chi connectivity index (χ3v) is 2.91. The van der Waals surface area contributed by atoms with Gasteiger partial charge in [0.25, 0.3) is 5.91 Å². The summed E-state index contributed by atoms with van der Waals surface area (Å²) in [4.78, 5) is 29.5. The van der Waals surface area contributed by atoms with Crippen molar-refractivity contribution in [1.82, 2.24) is 0 Å². The molecule has 2 aliphatic heterocycles. The monoisotopic (exact) mass is 240 g/mol. The van der Waals surface area contributed by atoms with Gasteiger partial charge in [-0.2, -0.15) is 4.99 Å². The summed E-state index contributed by atoms with van der Waals surface area (Å²) in [5.74, 6) is -1.11. The maximum Gasteiger partial charge on any atom is 0.329 e. The Bertz CT molecular complexity index is 427. The number of allylic oxidation sites excluding steroid dienone is 1. The molecule has 1 N–H and O–H groups in total. The van der Waals surface area contributed by atoms with E-state index in [1.54, 1.807) is 11.5 Å². The van der Waals surface area contributed by atoms with E-state index in [1.165, 1.54) is 11.8 Å². The lowest BCUT2D eigenvalue weighted by molar-refractivity contribution is -0.141. The predicted molar refractivity (Wildman–Crippen MR) is 58.9 cm³/mol. The van der Waals surface area contributed by atoms with Crippen molar-refractivity contribution in [3.63, 3.8) is 0 Å². The van der Waals surface area contributed by atoms with Crippen LogP contribution in [0.3, 0.4) is 0 Å². The number of hydrogen-bond acceptors (Lipinski definition) is 5. The van der Waals surface area contributed by atoms with Crippen molar-refractivity contribution in [1.29, 1.82) is 0 Å². The van der Waals surface area contributed by atoms with Crippen molar-refractivity contribution in [2.24, 2.45) is 9.98 Å². The number of carboxylic acids is 1.